The van der Waals surface area contributed by atoms with Gasteiger partial charge in [0.15, 0.2) is 5.65 Å². The second-order valence-electron chi connectivity index (χ2n) is 8.71. The molecule has 5 rings (SSSR count). The Bertz CT molecular complexity index is 1070. The fourth-order valence-electron chi connectivity index (χ4n) is 5.06. The number of nitrogens with one attached hydrogen (secondary N) is 1. The number of nitrogens with zero attached hydrogens (tertiary/aromatic N) is 5. The van der Waals surface area contributed by atoms with E-state index < -0.39 is 0 Å². The summed E-state index contributed by atoms with van der Waals surface area (Å²) in [6.45, 7) is -0.250. The monoisotopic (exact) mass is 450 g/mol. The van der Waals surface area contributed by atoms with Crippen LogP contribution >= 0.6 is 0 Å². The molecule has 2 fully saturated rings. The number of hydrogen-bond donors (Lipinski definition) is 2. The molecule has 0 saturated carbocycles. The standard InChI is InChI=1S/C23H28N6O.CH2O2/c1-28-15-25-22-20(28)14-24-23(27-22)29-18-8-5-9-19(29)13-17(12-18)26-21(30)11-10-16-6-3-2-4-7-16;2-1-3/h2-4,6-7,14-15,17-19H,5,8-13H2,1H3,(H,26,30);1H,(H,2,3)/t17?,18-,19+;. The number of hydrogen-bond acceptors (Lipinski definition) is 6. The summed E-state index contributed by atoms with van der Waals surface area (Å²) in [5, 5.41) is 10.2. The van der Waals surface area contributed by atoms with Crippen molar-refractivity contribution in [1.82, 2.24) is 24.8 Å². The quantitative estimate of drug-likeness (QED) is 0.575. The number of rotatable bonds is 5. The smallest absolute Gasteiger partial charge is 0.290 e. The van der Waals surface area contributed by atoms with Gasteiger partial charge in [-0.15, -0.1) is 0 Å². The van der Waals surface area contributed by atoms with E-state index in [0.29, 0.717) is 18.5 Å². The molecule has 2 aromatic heterocycles. The van der Waals surface area contributed by atoms with Gasteiger partial charge in [-0.3, -0.25) is 9.59 Å². The van der Waals surface area contributed by atoms with Gasteiger partial charge in [0, 0.05) is 31.6 Å². The average Bonchev–Trinajstić information content (AvgIpc) is 3.18. The van der Waals surface area contributed by atoms with E-state index in [4.69, 9.17) is 14.9 Å². The van der Waals surface area contributed by atoms with E-state index in [-0.39, 0.29) is 18.4 Å². The summed E-state index contributed by atoms with van der Waals surface area (Å²) >= 11 is 0. The van der Waals surface area contributed by atoms with Gasteiger partial charge in [-0.2, -0.15) is 4.98 Å². The number of benzene rings is 1. The number of imidazole rings is 1. The first-order valence-corrected chi connectivity index (χ1v) is 11.4. The summed E-state index contributed by atoms with van der Waals surface area (Å²) in [5.74, 6) is 0.936. The van der Waals surface area contributed by atoms with E-state index in [0.717, 1.165) is 49.2 Å². The van der Waals surface area contributed by atoms with Gasteiger partial charge >= 0.3 is 0 Å². The van der Waals surface area contributed by atoms with Crippen molar-refractivity contribution in [2.75, 3.05) is 4.90 Å². The topological polar surface area (TPSA) is 113 Å². The molecule has 9 heteroatoms. The molecule has 4 heterocycles. The molecule has 2 saturated heterocycles. The van der Waals surface area contributed by atoms with Crippen LogP contribution in [0.4, 0.5) is 5.95 Å². The number of carbonyl (C=O) groups excluding carboxylic acids is 1. The predicted octanol–water partition coefficient (Wildman–Crippen LogP) is 2.70. The Balaban J connectivity index is 0.000000821. The van der Waals surface area contributed by atoms with Gasteiger partial charge in [-0.1, -0.05) is 30.3 Å². The highest BCUT2D eigenvalue weighted by Crippen LogP contribution is 2.36. The SMILES string of the molecule is Cn1cnc2nc(N3[C@@H]4CCC[C@H]3CC(NC(=O)CCc3ccccc3)C4)ncc21.O=CO. The first-order chi connectivity index (χ1) is 16.1. The van der Waals surface area contributed by atoms with Crippen molar-refractivity contribution in [2.45, 2.75) is 63.1 Å². The average molecular weight is 451 g/mol. The molecule has 9 nitrogen and oxygen atoms in total. The highest BCUT2D eigenvalue weighted by atomic mass is 16.3. The first-order valence-electron chi connectivity index (χ1n) is 11.4. The number of carbonyl (C=O) groups is 2. The highest BCUT2D eigenvalue weighted by Gasteiger charge is 2.40. The van der Waals surface area contributed by atoms with Gasteiger partial charge in [0.2, 0.25) is 11.9 Å². The third-order valence-electron chi connectivity index (χ3n) is 6.52. The van der Waals surface area contributed by atoms with Crippen LogP contribution in [0, 0.1) is 0 Å². The zero-order valence-electron chi connectivity index (χ0n) is 18.8. The maximum Gasteiger partial charge on any atom is 0.290 e. The lowest BCUT2D eigenvalue weighted by Gasteiger charge is -2.49. The van der Waals surface area contributed by atoms with Crippen molar-refractivity contribution >= 4 is 29.5 Å². The third kappa shape index (κ3) is 5.30. The normalized spacial score (nSPS) is 21.7. The van der Waals surface area contributed by atoms with Crippen LogP contribution in [0.3, 0.4) is 0 Å². The van der Waals surface area contributed by atoms with Crippen LogP contribution in [-0.2, 0) is 23.1 Å². The molecular formula is C24H30N6O3. The lowest BCUT2D eigenvalue weighted by molar-refractivity contribution is -0.123. The van der Waals surface area contributed by atoms with Crippen LogP contribution in [-0.4, -0.2) is 55.1 Å². The third-order valence-corrected chi connectivity index (χ3v) is 6.52. The molecule has 3 aromatic rings. The first kappa shape index (κ1) is 22.7. The number of carboxylic acid groups (broad SMARTS) is 1. The molecule has 2 aliphatic heterocycles. The molecule has 1 aromatic carbocycles. The molecule has 1 amide bonds. The molecule has 1 unspecified atom stereocenters. The predicted molar refractivity (Wildman–Crippen MR) is 125 cm³/mol. The Kier molecular flexibility index (Phi) is 7.16. The number of anilines is 1. The van der Waals surface area contributed by atoms with Crippen LogP contribution in [0.15, 0.2) is 42.9 Å². The van der Waals surface area contributed by atoms with E-state index in [2.05, 4.69) is 32.3 Å². The van der Waals surface area contributed by atoms with E-state index in [9.17, 15) is 4.79 Å². The Morgan fingerprint density at radius 3 is 2.58 bits per heavy atom. The maximum absolute atomic E-state index is 12.5. The summed E-state index contributed by atoms with van der Waals surface area (Å²) in [6, 6.07) is 11.2. The molecule has 0 spiro atoms. The van der Waals surface area contributed by atoms with Crippen LogP contribution in [0.1, 0.15) is 44.1 Å². The zero-order valence-corrected chi connectivity index (χ0v) is 18.8. The maximum atomic E-state index is 12.5. The van der Waals surface area contributed by atoms with Crippen LogP contribution in [0.2, 0.25) is 0 Å². The van der Waals surface area contributed by atoms with Gasteiger partial charge in [-0.25, -0.2) is 9.97 Å². The fraction of sp³-hybridized carbons (Fsp3) is 0.458. The Hall–Kier alpha value is -3.49. The van der Waals surface area contributed by atoms with Crippen LogP contribution < -0.4 is 10.2 Å². The minimum absolute atomic E-state index is 0.154. The van der Waals surface area contributed by atoms with Gasteiger partial charge in [-0.05, 0) is 44.1 Å². The zero-order chi connectivity index (χ0) is 23.2. The van der Waals surface area contributed by atoms with E-state index >= 15 is 0 Å². The van der Waals surface area contributed by atoms with Crippen molar-refractivity contribution in [2.24, 2.45) is 7.05 Å². The van der Waals surface area contributed by atoms with Crippen molar-refractivity contribution in [1.29, 1.82) is 0 Å². The Labute approximate surface area is 192 Å². The second-order valence-corrected chi connectivity index (χ2v) is 8.71. The largest absolute Gasteiger partial charge is 0.483 e. The van der Waals surface area contributed by atoms with Crippen LogP contribution in [0.5, 0.6) is 0 Å². The number of piperidine rings is 2. The molecule has 2 aliphatic rings. The number of aromatic nitrogens is 4. The van der Waals surface area contributed by atoms with Crippen molar-refractivity contribution in [3.05, 3.63) is 48.4 Å². The van der Waals surface area contributed by atoms with Gasteiger partial charge in [0.05, 0.1) is 12.5 Å². The van der Waals surface area contributed by atoms with Gasteiger partial charge in [0.25, 0.3) is 6.47 Å². The number of amides is 1. The summed E-state index contributed by atoms with van der Waals surface area (Å²) in [5.41, 5.74) is 2.91. The van der Waals surface area contributed by atoms with Crippen molar-refractivity contribution in [3.8, 4) is 0 Å². The molecule has 2 N–H and O–H groups in total. The molecule has 0 radical (unpaired) electrons. The highest BCUT2D eigenvalue weighted by molar-refractivity contribution is 5.76. The van der Waals surface area contributed by atoms with Crippen molar-refractivity contribution in [3.63, 3.8) is 0 Å². The van der Waals surface area contributed by atoms with E-state index in [1.165, 1.54) is 12.0 Å². The van der Waals surface area contributed by atoms with Gasteiger partial charge in [0.1, 0.15) is 5.52 Å². The number of aryl methyl sites for hydroxylation is 2. The molecule has 2 bridgehead atoms. The Morgan fingerprint density at radius 2 is 1.88 bits per heavy atom. The lowest BCUT2D eigenvalue weighted by atomic mass is 9.82. The van der Waals surface area contributed by atoms with Crippen molar-refractivity contribution < 1.29 is 14.7 Å². The minimum atomic E-state index is -0.250. The van der Waals surface area contributed by atoms with Crippen LogP contribution in [0.25, 0.3) is 11.2 Å². The summed E-state index contributed by atoms with van der Waals surface area (Å²) in [6.07, 6.45) is 10.4. The second kappa shape index (κ2) is 10.4. The summed E-state index contributed by atoms with van der Waals surface area (Å²) in [7, 11) is 1.96. The summed E-state index contributed by atoms with van der Waals surface area (Å²) < 4.78 is 1.94. The molecular weight excluding hydrogens is 420 g/mol. The Morgan fingerprint density at radius 1 is 1.18 bits per heavy atom. The fourth-order valence-corrected chi connectivity index (χ4v) is 5.06. The van der Waals surface area contributed by atoms with E-state index in [1.54, 1.807) is 6.33 Å². The van der Waals surface area contributed by atoms with E-state index in [1.807, 2.05) is 36.0 Å². The molecule has 33 heavy (non-hydrogen) atoms. The lowest BCUT2D eigenvalue weighted by Crippen LogP contribution is -2.57. The molecule has 3 atom stereocenters. The summed E-state index contributed by atoms with van der Waals surface area (Å²) in [4.78, 5) is 37.1. The number of fused-ring (bicyclic) bond motifs is 3. The molecule has 174 valence electrons. The molecule has 0 aliphatic carbocycles. The minimum Gasteiger partial charge on any atom is -0.483 e. The van der Waals surface area contributed by atoms with Gasteiger partial charge < -0.3 is 19.9 Å².